The van der Waals surface area contributed by atoms with Crippen LogP contribution in [0.2, 0.25) is 0 Å². The van der Waals surface area contributed by atoms with E-state index in [1.807, 2.05) is 6.07 Å². The van der Waals surface area contributed by atoms with E-state index in [0.29, 0.717) is 5.92 Å². The SMILES string of the molecule is CCCC[C@H](C)c1cccc2c1oc1ccccc12. The van der Waals surface area contributed by atoms with Gasteiger partial charge in [-0.1, -0.05) is 63.1 Å². The van der Waals surface area contributed by atoms with Crippen LogP contribution in [0.15, 0.2) is 46.9 Å². The lowest BCUT2D eigenvalue weighted by Gasteiger charge is -2.11. The van der Waals surface area contributed by atoms with Gasteiger partial charge in [0.2, 0.25) is 0 Å². The Labute approximate surface area is 114 Å². The van der Waals surface area contributed by atoms with Gasteiger partial charge in [-0.2, -0.15) is 0 Å². The van der Waals surface area contributed by atoms with E-state index in [9.17, 15) is 0 Å². The van der Waals surface area contributed by atoms with Crippen molar-refractivity contribution in [1.82, 2.24) is 0 Å². The van der Waals surface area contributed by atoms with Crippen LogP contribution < -0.4 is 0 Å². The van der Waals surface area contributed by atoms with E-state index in [1.54, 1.807) is 0 Å². The Bertz CT molecular complexity index is 693. The molecule has 0 spiro atoms. The van der Waals surface area contributed by atoms with Crippen molar-refractivity contribution in [3.8, 4) is 0 Å². The van der Waals surface area contributed by atoms with Crippen molar-refractivity contribution in [1.29, 1.82) is 0 Å². The number of hydrogen-bond acceptors (Lipinski definition) is 1. The van der Waals surface area contributed by atoms with Crippen LogP contribution in [0.1, 0.15) is 44.6 Å². The fourth-order valence-electron chi connectivity index (χ4n) is 2.82. The lowest BCUT2D eigenvalue weighted by Crippen LogP contribution is -1.93. The number of unbranched alkanes of at least 4 members (excludes halogenated alkanes) is 1. The molecule has 0 amide bonds. The van der Waals surface area contributed by atoms with Crippen LogP contribution in [0.4, 0.5) is 0 Å². The molecule has 0 N–H and O–H groups in total. The zero-order chi connectivity index (χ0) is 13.2. The number of rotatable bonds is 4. The van der Waals surface area contributed by atoms with Gasteiger partial charge >= 0.3 is 0 Å². The predicted octanol–water partition coefficient (Wildman–Crippen LogP) is 5.88. The van der Waals surface area contributed by atoms with Crippen molar-refractivity contribution >= 4 is 21.9 Å². The Balaban J connectivity index is 2.15. The first-order chi connectivity index (χ1) is 9.31. The van der Waals surface area contributed by atoms with Crippen molar-refractivity contribution in [2.45, 2.75) is 39.0 Å². The summed E-state index contributed by atoms with van der Waals surface area (Å²) in [5.74, 6) is 0.559. The molecule has 3 aromatic rings. The molecular weight excluding hydrogens is 232 g/mol. The highest BCUT2D eigenvalue weighted by Crippen LogP contribution is 2.35. The summed E-state index contributed by atoms with van der Waals surface area (Å²) in [7, 11) is 0. The van der Waals surface area contributed by atoms with Crippen molar-refractivity contribution < 1.29 is 4.42 Å². The maximum atomic E-state index is 6.08. The van der Waals surface area contributed by atoms with Gasteiger partial charge in [-0.15, -0.1) is 0 Å². The Morgan fingerprint density at radius 3 is 2.63 bits per heavy atom. The minimum atomic E-state index is 0.559. The van der Waals surface area contributed by atoms with E-state index in [-0.39, 0.29) is 0 Å². The van der Waals surface area contributed by atoms with Gasteiger partial charge in [0, 0.05) is 10.8 Å². The summed E-state index contributed by atoms with van der Waals surface area (Å²) in [5, 5.41) is 2.47. The minimum absolute atomic E-state index is 0.559. The van der Waals surface area contributed by atoms with Crippen LogP contribution in [0.5, 0.6) is 0 Å². The standard InChI is InChI=1S/C18H20O/c1-3-4-8-13(2)14-10-7-11-16-15-9-5-6-12-17(15)19-18(14)16/h5-7,9-13H,3-4,8H2,1-2H3/t13-/m0/s1. The summed E-state index contributed by atoms with van der Waals surface area (Å²) >= 11 is 0. The van der Waals surface area contributed by atoms with Gasteiger partial charge < -0.3 is 4.42 Å². The Morgan fingerprint density at radius 2 is 1.79 bits per heavy atom. The molecule has 1 heteroatoms. The molecule has 1 nitrogen and oxygen atoms in total. The highest BCUT2D eigenvalue weighted by molar-refractivity contribution is 6.05. The summed E-state index contributed by atoms with van der Waals surface area (Å²) < 4.78 is 6.08. The van der Waals surface area contributed by atoms with Gasteiger partial charge in [0.1, 0.15) is 11.2 Å². The van der Waals surface area contributed by atoms with Crippen molar-refractivity contribution in [3.63, 3.8) is 0 Å². The van der Waals surface area contributed by atoms with Crippen molar-refractivity contribution in [2.24, 2.45) is 0 Å². The van der Waals surface area contributed by atoms with Crippen molar-refractivity contribution in [2.75, 3.05) is 0 Å². The lowest BCUT2D eigenvalue weighted by atomic mass is 9.94. The Hall–Kier alpha value is -1.76. The largest absolute Gasteiger partial charge is 0.456 e. The molecule has 1 atom stereocenters. The molecule has 0 saturated heterocycles. The van der Waals surface area contributed by atoms with Gasteiger partial charge in [0.15, 0.2) is 0 Å². The average Bonchev–Trinajstić information content (AvgIpc) is 2.83. The van der Waals surface area contributed by atoms with E-state index in [0.717, 1.165) is 11.2 Å². The summed E-state index contributed by atoms with van der Waals surface area (Å²) in [6, 6.07) is 14.8. The highest BCUT2D eigenvalue weighted by Gasteiger charge is 2.14. The second-order valence-electron chi connectivity index (χ2n) is 5.37. The van der Waals surface area contributed by atoms with Gasteiger partial charge in [0.05, 0.1) is 0 Å². The molecule has 3 rings (SSSR count). The monoisotopic (exact) mass is 252 g/mol. The van der Waals surface area contributed by atoms with Crippen LogP contribution in [0.3, 0.4) is 0 Å². The number of hydrogen-bond donors (Lipinski definition) is 0. The average molecular weight is 252 g/mol. The molecule has 0 unspecified atom stereocenters. The van der Waals surface area contributed by atoms with Crippen LogP contribution in [-0.2, 0) is 0 Å². The first kappa shape index (κ1) is 12.3. The summed E-state index contributed by atoms with van der Waals surface area (Å²) in [6.07, 6.45) is 3.75. The molecular formula is C18H20O. The zero-order valence-electron chi connectivity index (χ0n) is 11.6. The molecule has 1 aromatic heterocycles. The molecule has 2 aromatic carbocycles. The molecule has 0 fully saturated rings. The Kier molecular flexibility index (Phi) is 3.29. The first-order valence-corrected chi connectivity index (χ1v) is 7.21. The zero-order valence-corrected chi connectivity index (χ0v) is 11.6. The third-order valence-electron chi connectivity index (χ3n) is 3.96. The Morgan fingerprint density at radius 1 is 1.00 bits per heavy atom. The highest BCUT2D eigenvalue weighted by atomic mass is 16.3. The quantitative estimate of drug-likeness (QED) is 0.565. The number of para-hydroxylation sites is 2. The number of fused-ring (bicyclic) bond motifs is 3. The van der Waals surface area contributed by atoms with E-state index in [4.69, 9.17) is 4.42 Å². The first-order valence-electron chi connectivity index (χ1n) is 7.21. The third kappa shape index (κ3) is 2.14. The molecule has 0 aliphatic heterocycles. The van der Waals surface area contributed by atoms with Gasteiger partial charge in [-0.25, -0.2) is 0 Å². The summed E-state index contributed by atoms with van der Waals surface area (Å²) in [6.45, 7) is 4.55. The fourth-order valence-corrected chi connectivity index (χ4v) is 2.82. The fraction of sp³-hybridized carbons (Fsp3) is 0.333. The minimum Gasteiger partial charge on any atom is -0.456 e. The van der Waals surface area contributed by atoms with Crippen LogP contribution in [0.25, 0.3) is 21.9 Å². The molecule has 0 bridgehead atoms. The number of benzene rings is 2. The normalized spacial score (nSPS) is 13.2. The third-order valence-corrected chi connectivity index (χ3v) is 3.96. The lowest BCUT2D eigenvalue weighted by molar-refractivity contribution is 0.606. The molecule has 0 radical (unpaired) electrons. The second-order valence-corrected chi connectivity index (χ2v) is 5.37. The summed E-state index contributed by atoms with van der Waals surface area (Å²) in [5.41, 5.74) is 3.42. The van der Waals surface area contributed by atoms with Crippen LogP contribution in [-0.4, -0.2) is 0 Å². The van der Waals surface area contributed by atoms with Gasteiger partial charge in [0.25, 0.3) is 0 Å². The van der Waals surface area contributed by atoms with Crippen LogP contribution in [0, 0.1) is 0 Å². The molecule has 1 heterocycles. The smallest absolute Gasteiger partial charge is 0.138 e. The number of furan rings is 1. The molecule has 0 saturated carbocycles. The summed E-state index contributed by atoms with van der Waals surface area (Å²) in [4.78, 5) is 0. The van der Waals surface area contributed by atoms with Gasteiger partial charge in [-0.05, 0) is 24.0 Å². The van der Waals surface area contributed by atoms with E-state index in [2.05, 4.69) is 50.2 Å². The predicted molar refractivity (Wildman–Crippen MR) is 81.7 cm³/mol. The van der Waals surface area contributed by atoms with E-state index < -0.39 is 0 Å². The van der Waals surface area contributed by atoms with E-state index >= 15 is 0 Å². The molecule has 19 heavy (non-hydrogen) atoms. The topological polar surface area (TPSA) is 13.1 Å². The van der Waals surface area contributed by atoms with Gasteiger partial charge in [-0.3, -0.25) is 0 Å². The maximum absolute atomic E-state index is 6.08. The molecule has 0 aliphatic carbocycles. The van der Waals surface area contributed by atoms with E-state index in [1.165, 1.54) is 35.6 Å². The van der Waals surface area contributed by atoms with Crippen LogP contribution >= 0.6 is 0 Å². The maximum Gasteiger partial charge on any atom is 0.138 e. The molecule has 98 valence electrons. The molecule has 0 aliphatic rings. The second kappa shape index (κ2) is 5.08. The van der Waals surface area contributed by atoms with Crippen molar-refractivity contribution in [3.05, 3.63) is 48.0 Å².